The largest absolute Gasteiger partial charge is 0.304 e. The third-order valence-corrected chi connectivity index (χ3v) is 2.87. The molecule has 0 spiro atoms. The van der Waals surface area contributed by atoms with Gasteiger partial charge in [0, 0.05) is 12.8 Å². The van der Waals surface area contributed by atoms with Gasteiger partial charge in [0.05, 0.1) is 5.54 Å². The van der Waals surface area contributed by atoms with Crippen molar-refractivity contribution in [3.63, 3.8) is 0 Å². The van der Waals surface area contributed by atoms with E-state index in [9.17, 15) is 9.59 Å². The first kappa shape index (κ1) is 12.7. The lowest BCUT2D eigenvalue weighted by atomic mass is 9.91. The molecule has 16 heavy (non-hydrogen) atoms. The van der Waals surface area contributed by atoms with Crippen LogP contribution in [-0.2, 0) is 9.59 Å². The number of rotatable bonds is 5. The number of piperidine rings is 1. The summed E-state index contributed by atoms with van der Waals surface area (Å²) in [6.45, 7) is 2.58. The molecule has 2 N–H and O–H groups in total. The van der Waals surface area contributed by atoms with Crippen molar-refractivity contribution in [2.75, 3.05) is 6.54 Å². The number of terminal acetylenes is 1. The molecule has 0 unspecified atom stereocenters. The maximum Gasteiger partial charge on any atom is 0.246 e. The van der Waals surface area contributed by atoms with E-state index < -0.39 is 5.54 Å². The van der Waals surface area contributed by atoms with E-state index in [0.29, 0.717) is 12.8 Å². The molecule has 1 saturated heterocycles. The standard InChI is InChI=1S/C12H18N2O2/c1-3-4-5-6-9-13-12(2)8-7-10(15)14-11(12)16/h1,13H,4-9H2,2H3,(H,14,15,16)/t12-/m1/s1. The van der Waals surface area contributed by atoms with Gasteiger partial charge in [-0.3, -0.25) is 14.9 Å². The van der Waals surface area contributed by atoms with E-state index in [1.54, 1.807) is 0 Å². The van der Waals surface area contributed by atoms with Crippen LogP contribution in [0.4, 0.5) is 0 Å². The molecule has 0 bridgehead atoms. The summed E-state index contributed by atoms with van der Waals surface area (Å²) in [6, 6.07) is 0. The zero-order valence-corrected chi connectivity index (χ0v) is 9.64. The summed E-state index contributed by atoms with van der Waals surface area (Å²) in [5.74, 6) is 2.17. The molecule has 1 heterocycles. The molecule has 0 aromatic rings. The minimum atomic E-state index is -0.607. The Bertz CT molecular complexity index is 319. The van der Waals surface area contributed by atoms with Crippen LogP contribution in [0.15, 0.2) is 0 Å². The number of carbonyl (C=O) groups excluding carboxylic acids is 2. The van der Waals surface area contributed by atoms with Crippen LogP contribution in [0.5, 0.6) is 0 Å². The molecule has 0 aromatic heterocycles. The summed E-state index contributed by atoms with van der Waals surface area (Å²) in [5, 5.41) is 5.54. The average Bonchev–Trinajstić information content (AvgIpc) is 2.24. The molecule has 1 rings (SSSR count). The predicted molar refractivity (Wildman–Crippen MR) is 61.5 cm³/mol. The number of hydrogen-bond donors (Lipinski definition) is 2. The van der Waals surface area contributed by atoms with Crippen LogP contribution in [0.25, 0.3) is 0 Å². The van der Waals surface area contributed by atoms with Crippen LogP contribution in [-0.4, -0.2) is 23.9 Å². The van der Waals surface area contributed by atoms with Gasteiger partial charge in [0.15, 0.2) is 0 Å². The highest BCUT2D eigenvalue weighted by Crippen LogP contribution is 2.17. The second-order valence-electron chi connectivity index (χ2n) is 4.30. The Morgan fingerprint density at radius 3 is 2.88 bits per heavy atom. The van der Waals surface area contributed by atoms with Gasteiger partial charge in [-0.05, 0) is 32.7 Å². The first-order valence-corrected chi connectivity index (χ1v) is 5.61. The number of carbonyl (C=O) groups is 2. The van der Waals surface area contributed by atoms with Gasteiger partial charge in [-0.2, -0.15) is 0 Å². The molecule has 0 saturated carbocycles. The predicted octanol–water partition coefficient (Wildman–Crippen LogP) is 0.575. The number of imide groups is 1. The molecule has 4 nitrogen and oxygen atoms in total. The summed E-state index contributed by atoms with van der Waals surface area (Å²) in [5.41, 5.74) is -0.607. The van der Waals surface area contributed by atoms with Crippen molar-refractivity contribution in [1.29, 1.82) is 0 Å². The molecule has 1 fully saturated rings. The van der Waals surface area contributed by atoms with Crippen LogP contribution in [0.1, 0.15) is 39.0 Å². The summed E-state index contributed by atoms with van der Waals surface area (Å²) in [7, 11) is 0. The lowest BCUT2D eigenvalue weighted by Gasteiger charge is -2.32. The average molecular weight is 222 g/mol. The Hall–Kier alpha value is -1.34. The molecule has 1 aliphatic heterocycles. The molecular formula is C12H18N2O2. The van der Waals surface area contributed by atoms with Gasteiger partial charge in [-0.1, -0.05) is 0 Å². The Morgan fingerprint density at radius 2 is 2.25 bits per heavy atom. The van der Waals surface area contributed by atoms with Crippen molar-refractivity contribution in [3.05, 3.63) is 0 Å². The zero-order chi connectivity index (χ0) is 12.0. The second-order valence-corrected chi connectivity index (χ2v) is 4.30. The van der Waals surface area contributed by atoms with Gasteiger partial charge in [0.2, 0.25) is 11.8 Å². The van der Waals surface area contributed by atoms with Gasteiger partial charge < -0.3 is 5.32 Å². The van der Waals surface area contributed by atoms with Crippen molar-refractivity contribution >= 4 is 11.8 Å². The van der Waals surface area contributed by atoms with E-state index in [-0.39, 0.29) is 11.8 Å². The maximum atomic E-state index is 11.6. The molecular weight excluding hydrogens is 204 g/mol. The Morgan fingerprint density at radius 1 is 1.50 bits per heavy atom. The molecule has 0 radical (unpaired) electrons. The monoisotopic (exact) mass is 222 g/mol. The van der Waals surface area contributed by atoms with Crippen LogP contribution in [0, 0.1) is 12.3 Å². The van der Waals surface area contributed by atoms with Crippen LogP contribution in [0.3, 0.4) is 0 Å². The zero-order valence-electron chi connectivity index (χ0n) is 9.64. The molecule has 1 atom stereocenters. The van der Waals surface area contributed by atoms with E-state index in [1.165, 1.54) is 0 Å². The first-order chi connectivity index (χ1) is 7.58. The van der Waals surface area contributed by atoms with Crippen LogP contribution < -0.4 is 10.6 Å². The van der Waals surface area contributed by atoms with E-state index in [0.717, 1.165) is 25.8 Å². The molecule has 4 heteroatoms. The van der Waals surface area contributed by atoms with Gasteiger partial charge in [-0.15, -0.1) is 12.3 Å². The van der Waals surface area contributed by atoms with Gasteiger partial charge in [0.1, 0.15) is 0 Å². The molecule has 0 aliphatic carbocycles. The Kier molecular flexibility index (Phi) is 4.51. The second kappa shape index (κ2) is 5.66. The Balaban J connectivity index is 2.32. The van der Waals surface area contributed by atoms with E-state index in [1.807, 2.05) is 6.92 Å². The van der Waals surface area contributed by atoms with E-state index in [2.05, 4.69) is 16.6 Å². The molecule has 88 valence electrons. The lowest BCUT2D eigenvalue weighted by molar-refractivity contribution is -0.138. The van der Waals surface area contributed by atoms with E-state index >= 15 is 0 Å². The number of nitrogens with one attached hydrogen (secondary N) is 2. The lowest BCUT2D eigenvalue weighted by Crippen LogP contribution is -2.59. The molecule has 1 aliphatic rings. The third-order valence-electron chi connectivity index (χ3n) is 2.87. The maximum absolute atomic E-state index is 11.6. The minimum absolute atomic E-state index is 0.184. The van der Waals surface area contributed by atoms with Crippen LogP contribution >= 0.6 is 0 Å². The topological polar surface area (TPSA) is 58.2 Å². The van der Waals surface area contributed by atoms with Crippen molar-refractivity contribution in [1.82, 2.24) is 10.6 Å². The normalized spacial score (nSPS) is 25.0. The fourth-order valence-electron chi connectivity index (χ4n) is 1.69. The van der Waals surface area contributed by atoms with E-state index in [4.69, 9.17) is 6.42 Å². The summed E-state index contributed by atoms with van der Waals surface area (Å²) in [6.07, 6.45) is 8.78. The van der Waals surface area contributed by atoms with Gasteiger partial charge in [0.25, 0.3) is 0 Å². The molecule has 0 aromatic carbocycles. The Labute approximate surface area is 96.2 Å². The number of amides is 2. The van der Waals surface area contributed by atoms with Gasteiger partial charge >= 0.3 is 0 Å². The minimum Gasteiger partial charge on any atom is -0.304 e. The highest BCUT2D eigenvalue weighted by Gasteiger charge is 2.37. The van der Waals surface area contributed by atoms with Crippen LogP contribution in [0.2, 0.25) is 0 Å². The first-order valence-electron chi connectivity index (χ1n) is 5.61. The number of unbranched alkanes of at least 4 members (excludes halogenated alkanes) is 2. The number of hydrogen-bond acceptors (Lipinski definition) is 3. The summed E-state index contributed by atoms with van der Waals surface area (Å²) < 4.78 is 0. The summed E-state index contributed by atoms with van der Waals surface area (Å²) in [4.78, 5) is 22.6. The highest BCUT2D eigenvalue weighted by molar-refractivity contribution is 6.02. The highest BCUT2D eigenvalue weighted by atomic mass is 16.2. The van der Waals surface area contributed by atoms with Crippen molar-refractivity contribution in [2.24, 2.45) is 0 Å². The third kappa shape index (κ3) is 3.35. The van der Waals surface area contributed by atoms with Crippen molar-refractivity contribution in [3.8, 4) is 12.3 Å². The summed E-state index contributed by atoms with van der Waals surface area (Å²) >= 11 is 0. The fourth-order valence-corrected chi connectivity index (χ4v) is 1.69. The van der Waals surface area contributed by atoms with Crippen molar-refractivity contribution in [2.45, 2.75) is 44.6 Å². The fraction of sp³-hybridized carbons (Fsp3) is 0.667. The van der Waals surface area contributed by atoms with Crippen molar-refractivity contribution < 1.29 is 9.59 Å². The molecule has 2 amide bonds. The quantitative estimate of drug-likeness (QED) is 0.406. The smallest absolute Gasteiger partial charge is 0.246 e. The van der Waals surface area contributed by atoms with Gasteiger partial charge in [-0.25, -0.2) is 0 Å². The SMILES string of the molecule is C#CCCCCN[C@]1(C)CCC(=O)NC1=O.